The zero-order valence-electron chi connectivity index (χ0n) is 3.84. The van der Waals surface area contributed by atoms with Gasteiger partial charge in [-0.3, -0.25) is 0 Å². The van der Waals surface area contributed by atoms with Gasteiger partial charge in [0.1, 0.15) is 23.5 Å². The Hall–Kier alpha value is 1.04. The van der Waals surface area contributed by atoms with Crippen LogP contribution in [-0.4, -0.2) is 9.11 Å². The van der Waals surface area contributed by atoms with Crippen molar-refractivity contribution in [3.05, 3.63) is 4.13 Å². The molecule has 0 saturated heterocycles. The zero-order valence-corrected chi connectivity index (χ0v) is 5.47. The second kappa shape index (κ2) is 6.16. The van der Waals surface area contributed by atoms with Gasteiger partial charge in [-0.2, -0.15) is 0 Å². The summed E-state index contributed by atoms with van der Waals surface area (Å²) in [6, 6.07) is 0. The second-order valence-electron chi connectivity index (χ2n) is 0.488. The van der Waals surface area contributed by atoms with Gasteiger partial charge in [0, 0.05) is 7.77 Å². The number of rotatable bonds is 2. The van der Waals surface area contributed by atoms with Crippen molar-refractivity contribution in [2.75, 3.05) is 0 Å². The van der Waals surface area contributed by atoms with Crippen LogP contribution in [0, 0.1) is 0 Å². The van der Waals surface area contributed by atoms with Crippen LogP contribution in [0.5, 0.6) is 0 Å². The van der Waals surface area contributed by atoms with E-state index in [2.05, 4.69) is 0 Å². The van der Waals surface area contributed by atoms with Crippen molar-refractivity contribution in [3.63, 3.8) is 0 Å². The normalized spacial score (nSPS) is 16.5. The summed E-state index contributed by atoms with van der Waals surface area (Å²) in [4.78, 5) is 0. The summed E-state index contributed by atoms with van der Waals surface area (Å²) in [7, 11) is 0. The van der Waals surface area contributed by atoms with E-state index in [9.17, 15) is 7.77 Å². The standard InChI is InChI=1S/F2NO2S2.Li/c1-6(4)3-7(2)5;/q-1;+1. The van der Waals surface area contributed by atoms with Gasteiger partial charge in [-0.1, -0.05) is 0 Å². The predicted molar refractivity (Wildman–Crippen MR) is 21.9 cm³/mol. The van der Waals surface area contributed by atoms with E-state index in [0.29, 0.717) is 0 Å². The van der Waals surface area contributed by atoms with Gasteiger partial charge in [-0.15, -0.1) is 4.13 Å². The topological polar surface area (TPSA) is 60.2 Å². The molecule has 8 heteroatoms. The maximum Gasteiger partial charge on any atom is 1.00 e. The second-order valence-corrected chi connectivity index (χ2v) is 1.91. The van der Waals surface area contributed by atoms with E-state index in [1.54, 1.807) is 0 Å². The van der Waals surface area contributed by atoms with E-state index in [-0.39, 0.29) is 18.9 Å². The van der Waals surface area contributed by atoms with Crippen LogP contribution in [0.3, 0.4) is 0 Å². The smallest absolute Gasteiger partial charge is 0.589 e. The van der Waals surface area contributed by atoms with Gasteiger partial charge in [-0.25, -0.2) is 0 Å². The zero-order chi connectivity index (χ0) is 5.86. The average molecular weight is 155 g/mol. The average Bonchev–Trinajstić information content (AvgIpc) is 1.27. The monoisotopic (exact) mass is 155 g/mol. The van der Waals surface area contributed by atoms with Crippen molar-refractivity contribution in [2.24, 2.45) is 0 Å². The van der Waals surface area contributed by atoms with Gasteiger partial charge < -0.3 is 9.11 Å². The van der Waals surface area contributed by atoms with E-state index in [0.717, 1.165) is 0 Å². The first-order valence-corrected chi connectivity index (χ1v) is 3.02. The molecule has 0 heterocycles. The van der Waals surface area contributed by atoms with Crippen molar-refractivity contribution >= 4 is 23.5 Å². The maximum atomic E-state index is 10.8. The van der Waals surface area contributed by atoms with Gasteiger partial charge in [-0.05, 0) is 0 Å². The first-order chi connectivity index (χ1) is 3.13. The summed E-state index contributed by atoms with van der Waals surface area (Å²) in [6.07, 6.45) is 0. The Morgan fingerprint density at radius 1 is 1.12 bits per heavy atom. The first-order valence-electron chi connectivity index (χ1n) is 1.01. The molecule has 0 aromatic rings. The molecule has 0 N–H and O–H groups in total. The molecule has 2 atom stereocenters. The molecule has 2 unspecified atom stereocenters. The molecule has 8 heavy (non-hydrogen) atoms. The molecule has 0 aliphatic rings. The van der Waals surface area contributed by atoms with Crippen LogP contribution in [-0.2, 0) is 23.5 Å². The fourth-order valence-electron chi connectivity index (χ4n) is 0.0461. The van der Waals surface area contributed by atoms with Crippen LogP contribution in [0.4, 0.5) is 7.77 Å². The number of halogens is 2. The Labute approximate surface area is 63.6 Å². The third-order valence-corrected chi connectivity index (χ3v) is 1.05. The van der Waals surface area contributed by atoms with Crippen molar-refractivity contribution in [1.29, 1.82) is 0 Å². The molecule has 0 rings (SSSR count). The van der Waals surface area contributed by atoms with Crippen LogP contribution in [0.2, 0.25) is 0 Å². The molecular formula is F2LiNO2S2. The fraction of sp³-hybridized carbons (Fsp3) is 0. The summed E-state index contributed by atoms with van der Waals surface area (Å²) in [5, 5.41) is 0. The van der Waals surface area contributed by atoms with Crippen molar-refractivity contribution in [2.45, 2.75) is 0 Å². The first kappa shape index (κ1) is 11.8. The molecule has 0 aliphatic heterocycles. The molecule has 0 amide bonds. The number of nitrogens with zero attached hydrogens (tertiary/aromatic N) is 1. The van der Waals surface area contributed by atoms with E-state index < -0.39 is 23.5 Å². The summed E-state index contributed by atoms with van der Waals surface area (Å²) in [5.41, 5.74) is 0. The van der Waals surface area contributed by atoms with E-state index >= 15 is 0 Å². The number of hydrogen-bond acceptors (Lipinski definition) is 2. The Balaban J connectivity index is 0. The fourth-order valence-corrected chi connectivity index (χ4v) is 0.415. The van der Waals surface area contributed by atoms with Crippen molar-refractivity contribution < 1.29 is 35.7 Å². The maximum absolute atomic E-state index is 10.8. The van der Waals surface area contributed by atoms with Gasteiger partial charge in [0.2, 0.25) is 0 Å². The van der Waals surface area contributed by atoms with E-state index in [4.69, 9.17) is 9.11 Å². The van der Waals surface area contributed by atoms with E-state index in [1.165, 1.54) is 0 Å². The van der Waals surface area contributed by atoms with Gasteiger partial charge >= 0.3 is 18.9 Å². The third kappa shape index (κ3) is 10.1. The minimum absolute atomic E-state index is 0. The Morgan fingerprint density at radius 2 is 1.38 bits per heavy atom. The summed E-state index contributed by atoms with van der Waals surface area (Å²) >= 11 is -6.29. The molecule has 0 aliphatic carbocycles. The van der Waals surface area contributed by atoms with Gasteiger partial charge in [0.05, 0.1) is 0 Å². The molecule has 0 aromatic heterocycles. The molecule has 0 fully saturated rings. The number of hydrogen-bond donors (Lipinski definition) is 0. The molecule has 44 valence electrons. The molecule has 0 radical (unpaired) electrons. The Morgan fingerprint density at radius 3 is 1.38 bits per heavy atom. The quantitative estimate of drug-likeness (QED) is 0.326. The molecule has 0 aromatic carbocycles. The largest absolute Gasteiger partial charge is 1.00 e. The summed E-state index contributed by atoms with van der Waals surface area (Å²) in [5.74, 6) is 0. The molecule has 0 saturated carbocycles. The predicted octanol–water partition coefficient (Wildman–Crippen LogP) is -2.54. The van der Waals surface area contributed by atoms with Crippen molar-refractivity contribution in [3.8, 4) is 0 Å². The Kier molecular flexibility index (Phi) is 9.08. The molecular weight excluding hydrogens is 155 g/mol. The minimum atomic E-state index is -3.15. The summed E-state index contributed by atoms with van der Waals surface area (Å²) in [6.45, 7) is 0. The third-order valence-electron chi connectivity index (χ3n) is 0.117. The van der Waals surface area contributed by atoms with Crippen LogP contribution >= 0.6 is 0 Å². The molecule has 0 bridgehead atoms. The SMILES string of the molecule is [Li+].[O-][S+](F)[N-][S+]([O-])F. The van der Waals surface area contributed by atoms with Gasteiger partial charge in [0.15, 0.2) is 0 Å². The van der Waals surface area contributed by atoms with Crippen LogP contribution in [0.25, 0.3) is 4.13 Å². The Bertz CT molecular complexity index is 47.3. The van der Waals surface area contributed by atoms with Crippen LogP contribution in [0.1, 0.15) is 0 Å². The molecule has 3 nitrogen and oxygen atoms in total. The van der Waals surface area contributed by atoms with E-state index in [1.807, 2.05) is 4.13 Å². The van der Waals surface area contributed by atoms with Crippen LogP contribution < -0.4 is 18.9 Å². The van der Waals surface area contributed by atoms with Gasteiger partial charge in [0.25, 0.3) is 0 Å². The summed E-state index contributed by atoms with van der Waals surface area (Å²) < 4.78 is 41.7. The van der Waals surface area contributed by atoms with Crippen molar-refractivity contribution in [1.82, 2.24) is 0 Å². The molecule has 0 spiro atoms. The van der Waals surface area contributed by atoms with Crippen LogP contribution in [0.15, 0.2) is 0 Å². The minimum Gasteiger partial charge on any atom is -0.589 e.